The monoisotopic (exact) mass is 282 g/mol. The lowest BCUT2D eigenvalue weighted by molar-refractivity contribution is -0.142. The van der Waals surface area contributed by atoms with Gasteiger partial charge >= 0.3 is 5.97 Å². The van der Waals surface area contributed by atoms with E-state index in [1.807, 2.05) is 0 Å². The molecule has 1 aromatic carbocycles. The molecule has 1 N–H and O–H groups in total. The van der Waals surface area contributed by atoms with Crippen LogP contribution in [0, 0.1) is 17.7 Å². The molecule has 104 valence electrons. The fraction of sp³-hybridized carbons (Fsp3) is 0.533. The van der Waals surface area contributed by atoms with Gasteiger partial charge in [-0.05, 0) is 49.4 Å². The van der Waals surface area contributed by atoms with Gasteiger partial charge in [0.2, 0.25) is 0 Å². The first-order chi connectivity index (χ1) is 9.10. The van der Waals surface area contributed by atoms with E-state index in [0.29, 0.717) is 5.92 Å². The molecule has 3 unspecified atom stereocenters. The zero-order valence-corrected chi connectivity index (χ0v) is 11.8. The minimum absolute atomic E-state index is 0.0988. The standard InChI is InChI=1S/C15H19FO2S/c1-2-10-3-8-13(15(17)18)14(9-10)19-12-6-4-11(16)5-7-12/h4-7,10,13-14H,2-3,8-9H2,1H3,(H,17,18). The molecule has 2 rings (SSSR count). The van der Waals surface area contributed by atoms with Crippen molar-refractivity contribution in [1.29, 1.82) is 0 Å². The molecule has 0 saturated heterocycles. The second-order valence-corrected chi connectivity index (χ2v) is 6.45. The van der Waals surface area contributed by atoms with Crippen LogP contribution >= 0.6 is 11.8 Å². The lowest BCUT2D eigenvalue weighted by Crippen LogP contribution is -2.32. The molecule has 0 spiro atoms. The van der Waals surface area contributed by atoms with E-state index in [2.05, 4.69) is 6.92 Å². The Hall–Kier alpha value is -1.03. The molecule has 0 heterocycles. The van der Waals surface area contributed by atoms with Gasteiger partial charge in [0, 0.05) is 10.1 Å². The normalized spacial score (nSPS) is 27.2. The molecule has 0 radical (unpaired) electrons. The third-order valence-electron chi connectivity index (χ3n) is 3.90. The van der Waals surface area contributed by atoms with Crippen LogP contribution in [0.1, 0.15) is 32.6 Å². The van der Waals surface area contributed by atoms with Gasteiger partial charge in [-0.1, -0.05) is 13.3 Å². The summed E-state index contributed by atoms with van der Waals surface area (Å²) >= 11 is 1.58. The molecule has 1 aromatic rings. The van der Waals surface area contributed by atoms with E-state index < -0.39 is 5.97 Å². The molecule has 0 aliphatic heterocycles. The Morgan fingerprint density at radius 1 is 1.37 bits per heavy atom. The summed E-state index contributed by atoms with van der Waals surface area (Å²) in [6.45, 7) is 2.16. The van der Waals surface area contributed by atoms with Gasteiger partial charge in [0.05, 0.1) is 5.92 Å². The number of aliphatic carboxylic acids is 1. The number of benzene rings is 1. The van der Waals surface area contributed by atoms with Crippen LogP contribution in [0.15, 0.2) is 29.2 Å². The lowest BCUT2D eigenvalue weighted by atomic mass is 9.80. The highest BCUT2D eigenvalue weighted by Gasteiger charge is 2.34. The first-order valence-electron chi connectivity index (χ1n) is 6.75. The van der Waals surface area contributed by atoms with Crippen LogP contribution in [-0.4, -0.2) is 16.3 Å². The molecule has 19 heavy (non-hydrogen) atoms. The van der Waals surface area contributed by atoms with Crippen molar-refractivity contribution >= 4 is 17.7 Å². The zero-order chi connectivity index (χ0) is 13.8. The summed E-state index contributed by atoms with van der Waals surface area (Å²) in [6.07, 6.45) is 3.81. The second kappa shape index (κ2) is 6.42. The summed E-state index contributed by atoms with van der Waals surface area (Å²) in [4.78, 5) is 12.3. The molecule has 0 amide bonds. The van der Waals surface area contributed by atoms with Gasteiger partial charge in [-0.3, -0.25) is 4.79 Å². The number of carbonyl (C=O) groups is 1. The van der Waals surface area contributed by atoms with E-state index >= 15 is 0 Å². The van der Waals surface area contributed by atoms with Gasteiger partial charge < -0.3 is 5.11 Å². The minimum Gasteiger partial charge on any atom is -0.481 e. The van der Waals surface area contributed by atoms with Crippen LogP contribution in [0.3, 0.4) is 0 Å². The predicted molar refractivity (Wildman–Crippen MR) is 74.8 cm³/mol. The third kappa shape index (κ3) is 3.72. The maximum atomic E-state index is 12.9. The molecule has 1 aliphatic rings. The Morgan fingerprint density at radius 2 is 2.05 bits per heavy atom. The van der Waals surface area contributed by atoms with Crippen molar-refractivity contribution < 1.29 is 14.3 Å². The van der Waals surface area contributed by atoms with Crippen molar-refractivity contribution in [3.63, 3.8) is 0 Å². The van der Waals surface area contributed by atoms with Crippen LogP contribution in [0.5, 0.6) is 0 Å². The topological polar surface area (TPSA) is 37.3 Å². The van der Waals surface area contributed by atoms with Crippen molar-refractivity contribution in [2.75, 3.05) is 0 Å². The largest absolute Gasteiger partial charge is 0.481 e. The first-order valence-corrected chi connectivity index (χ1v) is 7.63. The highest BCUT2D eigenvalue weighted by Crippen LogP contribution is 2.41. The lowest BCUT2D eigenvalue weighted by Gasteiger charge is -2.33. The van der Waals surface area contributed by atoms with Crippen LogP contribution < -0.4 is 0 Å². The Balaban J connectivity index is 2.08. The number of rotatable bonds is 4. The number of carboxylic acid groups (broad SMARTS) is 1. The third-order valence-corrected chi connectivity index (χ3v) is 5.26. The molecule has 0 aromatic heterocycles. The van der Waals surface area contributed by atoms with E-state index in [-0.39, 0.29) is 17.0 Å². The van der Waals surface area contributed by atoms with Crippen molar-refractivity contribution in [1.82, 2.24) is 0 Å². The predicted octanol–water partition coefficient (Wildman–Crippen LogP) is 4.20. The highest BCUT2D eigenvalue weighted by molar-refractivity contribution is 8.00. The number of hydrogen-bond donors (Lipinski definition) is 1. The van der Waals surface area contributed by atoms with Crippen molar-refractivity contribution in [2.24, 2.45) is 11.8 Å². The number of hydrogen-bond acceptors (Lipinski definition) is 2. The second-order valence-electron chi connectivity index (χ2n) is 5.14. The molecular formula is C15H19FO2S. The Bertz CT molecular complexity index is 432. The maximum Gasteiger partial charge on any atom is 0.307 e. The van der Waals surface area contributed by atoms with Gasteiger partial charge in [-0.15, -0.1) is 11.8 Å². The van der Waals surface area contributed by atoms with Crippen LogP contribution in [0.25, 0.3) is 0 Å². The van der Waals surface area contributed by atoms with E-state index in [1.165, 1.54) is 12.1 Å². The molecule has 2 nitrogen and oxygen atoms in total. The Labute approximate surface area is 117 Å². The van der Waals surface area contributed by atoms with E-state index in [0.717, 1.165) is 30.6 Å². The van der Waals surface area contributed by atoms with Gasteiger partial charge in [0.1, 0.15) is 5.82 Å². The molecule has 1 aliphatic carbocycles. The smallest absolute Gasteiger partial charge is 0.307 e. The fourth-order valence-electron chi connectivity index (χ4n) is 2.68. The summed E-state index contributed by atoms with van der Waals surface area (Å²) < 4.78 is 12.9. The van der Waals surface area contributed by atoms with Crippen molar-refractivity contribution in [3.8, 4) is 0 Å². The molecular weight excluding hydrogens is 263 g/mol. The average molecular weight is 282 g/mol. The summed E-state index contributed by atoms with van der Waals surface area (Å²) in [6, 6.07) is 6.32. The summed E-state index contributed by atoms with van der Waals surface area (Å²) in [7, 11) is 0. The summed E-state index contributed by atoms with van der Waals surface area (Å²) in [5, 5.41) is 9.42. The Kier molecular flexibility index (Phi) is 4.86. The highest BCUT2D eigenvalue weighted by atomic mass is 32.2. The van der Waals surface area contributed by atoms with E-state index in [9.17, 15) is 14.3 Å². The summed E-state index contributed by atoms with van der Waals surface area (Å²) in [5.41, 5.74) is 0. The quantitative estimate of drug-likeness (QED) is 0.899. The Morgan fingerprint density at radius 3 is 2.63 bits per heavy atom. The van der Waals surface area contributed by atoms with Gasteiger partial charge in [0.15, 0.2) is 0 Å². The minimum atomic E-state index is -0.700. The number of carboxylic acids is 1. The van der Waals surface area contributed by atoms with E-state index in [1.54, 1.807) is 23.9 Å². The van der Waals surface area contributed by atoms with Crippen LogP contribution in [0.4, 0.5) is 4.39 Å². The molecule has 4 heteroatoms. The zero-order valence-electron chi connectivity index (χ0n) is 11.0. The van der Waals surface area contributed by atoms with Gasteiger partial charge in [-0.2, -0.15) is 0 Å². The van der Waals surface area contributed by atoms with Crippen molar-refractivity contribution in [2.45, 2.75) is 42.8 Å². The van der Waals surface area contributed by atoms with Crippen LogP contribution in [-0.2, 0) is 4.79 Å². The van der Waals surface area contributed by atoms with Crippen molar-refractivity contribution in [3.05, 3.63) is 30.1 Å². The fourth-order valence-corrected chi connectivity index (χ4v) is 4.11. The number of thioether (sulfide) groups is 1. The SMILES string of the molecule is CCC1CCC(C(=O)O)C(Sc2ccc(F)cc2)C1. The van der Waals surface area contributed by atoms with Gasteiger partial charge in [-0.25, -0.2) is 4.39 Å². The molecule has 1 fully saturated rings. The molecule has 0 bridgehead atoms. The first kappa shape index (κ1) is 14.4. The number of halogens is 1. The van der Waals surface area contributed by atoms with E-state index in [4.69, 9.17) is 0 Å². The van der Waals surface area contributed by atoms with Crippen LogP contribution in [0.2, 0.25) is 0 Å². The summed E-state index contributed by atoms with van der Waals surface area (Å²) in [5.74, 6) is -0.616. The average Bonchev–Trinajstić information content (AvgIpc) is 2.41. The molecule has 3 atom stereocenters. The maximum absolute atomic E-state index is 12.9. The van der Waals surface area contributed by atoms with Gasteiger partial charge in [0.25, 0.3) is 0 Å². The molecule has 1 saturated carbocycles.